The van der Waals surface area contributed by atoms with E-state index in [0.29, 0.717) is 23.0 Å². The number of nitrogens with zero attached hydrogens (tertiary/aromatic N) is 5. The number of hydrogen-bond donors (Lipinski definition) is 2. The number of ether oxygens (including phenoxy) is 1. The van der Waals surface area contributed by atoms with Crippen LogP contribution in [0.25, 0.3) is 0 Å². The summed E-state index contributed by atoms with van der Waals surface area (Å²) in [5, 5.41) is 22.5. The van der Waals surface area contributed by atoms with Crippen LogP contribution in [-0.2, 0) is 0 Å². The van der Waals surface area contributed by atoms with Crippen molar-refractivity contribution >= 4 is 11.9 Å². The summed E-state index contributed by atoms with van der Waals surface area (Å²) in [7, 11) is 0. The van der Waals surface area contributed by atoms with Crippen molar-refractivity contribution in [3.8, 4) is 11.8 Å². The van der Waals surface area contributed by atoms with E-state index < -0.39 is 0 Å². The Morgan fingerprint density at radius 1 is 1.02 bits per heavy atom. The zero-order valence-electron chi connectivity index (χ0n) is 27.8. The molecule has 1 amide bonds. The minimum Gasteiger partial charge on any atom is -0.489 e. The molecule has 0 bridgehead atoms. The second-order valence-corrected chi connectivity index (χ2v) is 15.2. The standard InChI is InChI=1S/C35H50N6O3/c1-22-23(2)28(10-9-24(22)17-36)44-31-34(5,6)30(35(31,7)8)39-29(43)25-18-37-32(38-19-25)41-16-11-26(33(3,4)21-41)20-40-14-12-27(42)13-15-40/h9-10,18-19,26-27,30-31,42H,11-16,20-21H2,1-8H3,(H,39,43)/t26-,30?,31?/m1/s1. The number of nitrogens with one attached hydrogen (secondary N) is 1. The lowest BCUT2D eigenvalue weighted by atomic mass is 9.49. The highest BCUT2D eigenvalue weighted by Crippen LogP contribution is 2.56. The first-order valence-electron chi connectivity index (χ1n) is 16.1. The van der Waals surface area contributed by atoms with E-state index >= 15 is 0 Å². The molecule has 0 unspecified atom stereocenters. The Kier molecular flexibility index (Phi) is 8.73. The molecule has 1 saturated carbocycles. The third-order valence-electron chi connectivity index (χ3n) is 10.9. The number of nitriles is 1. The number of benzene rings is 1. The van der Waals surface area contributed by atoms with Gasteiger partial charge in [0.05, 0.1) is 23.3 Å². The van der Waals surface area contributed by atoms with Crippen molar-refractivity contribution in [3.05, 3.63) is 46.8 Å². The first-order valence-corrected chi connectivity index (χ1v) is 16.1. The molecule has 5 rings (SSSR count). The number of piperidine rings is 2. The Morgan fingerprint density at radius 3 is 2.25 bits per heavy atom. The van der Waals surface area contributed by atoms with Gasteiger partial charge in [0.2, 0.25) is 5.95 Å². The fourth-order valence-electron chi connectivity index (χ4n) is 8.11. The van der Waals surface area contributed by atoms with Gasteiger partial charge in [-0.05, 0) is 67.7 Å². The van der Waals surface area contributed by atoms with Crippen LogP contribution in [0.3, 0.4) is 0 Å². The normalized spacial score (nSPS) is 26.4. The maximum Gasteiger partial charge on any atom is 0.254 e. The minimum atomic E-state index is -0.321. The molecule has 1 aromatic heterocycles. The molecule has 44 heavy (non-hydrogen) atoms. The van der Waals surface area contributed by atoms with Gasteiger partial charge in [0.25, 0.3) is 5.91 Å². The molecule has 3 heterocycles. The van der Waals surface area contributed by atoms with Gasteiger partial charge in [-0.25, -0.2) is 9.97 Å². The monoisotopic (exact) mass is 602 g/mol. The van der Waals surface area contributed by atoms with Crippen LogP contribution < -0.4 is 15.0 Å². The van der Waals surface area contributed by atoms with Gasteiger partial charge in [0.1, 0.15) is 11.9 Å². The van der Waals surface area contributed by atoms with Crippen molar-refractivity contribution < 1.29 is 14.6 Å². The number of carbonyl (C=O) groups excluding carboxylic acids is 1. The minimum absolute atomic E-state index is 0.0999. The van der Waals surface area contributed by atoms with Crippen LogP contribution in [0, 0.1) is 47.3 Å². The summed E-state index contributed by atoms with van der Waals surface area (Å²) in [6.45, 7) is 21.9. The average Bonchev–Trinajstić information content (AvgIpc) is 2.98. The van der Waals surface area contributed by atoms with Crippen LogP contribution in [0.1, 0.15) is 87.9 Å². The maximum atomic E-state index is 13.4. The summed E-state index contributed by atoms with van der Waals surface area (Å²) >= 11 is 0. The molecule has 3 fully saturated rings. The molecule has 2 aliphatic heterocycles. The van der Waals surface area contributed by atoms with Gasteiger partial charge < -0.3 is 25.0 Å². The Balaban J connectivity index is 1.19. The zero-order chi connectivity index (χ0) is 32.0. The number of aromatic nitrogens is 2. The largest absolute Gasteiger partial charge is 0.489 e. The van der Waals surface area contributed by atoms with Crippen molar-refractivity contribution in [2.45, 2.75) is 92.9 Å². The Morgan fingerprint density at radius 2 is 1.66 bits per heavy atom. The summed E-state index contributed by atoms with van der Waals surface area (Å²) in [5.74, 6) is 1.84. The number of amides is 1. The molecule has 1 atom stereocenters. The van der Waals surface area contributed by atoms with E-state index in [1.54, 1.807) is 12.4 Å². The second kappa shape index (κ2) is 11.9. The molecule has 1 aromatic carbocycles. The SMILES string of the molecule is Cc1c(C#N)ccc(OC2C(C)(C)C(NC(=O)c3cnc(N4CC[C@H](CN5CCC(O)CC5)C(C)(C)C4)nc3)C2(C)C)c1C. The van der Waals surface area contributed by atoms with Crippen molar-refractivity contribution in [3.63, 3.8) is 0 Å². The van der Waals surface area contributed by atoms with Gasteiger partial charge in [0.15, 0.2) is 0 Å². The van der Waals surface area contributed by atoms with E-state index in [9.17, 15) is 15.2 Å². The van der Waals surface area contributed by atoms with E-state index in [-0.39, 0.29) is 40.4 Å². The van der Waals surface area contributed by atoms with Crippen LogP contribution >= 0.6 is 0 Å². The number of carbonyl (C=O) groups is 1. The number of aliphatic hydroxyl groups is 1. The molecule has 1 aliphatic carbocycles. The van der Waals surface area contributed by atoms with E-state index in [1.807, 2.05) is 26.0 Å². The molecule has 9 heteroatoms. The molecule has 0 radical (unpaired) electrons. The Hall–Kier alpha value is -3.22. The van der Waals surface area contributed by atoms with Gasteiger partial charge in [-0.15, -0.1) is 0 Å². The van der Waals surface area contributed by atoms with Crippen LogP contribution in [0.4, 0.5) is 5.95 Å². The Labute approximate surface area is 263 Å². The molecule has 238 valence electrons. The Bertz CT molecular complexity index is 1390. The summed E-state index contributed by atoms with van der Waals surface area (Å²) < 4.78 is 6.56. The van der Waals surface area contributed by atoms with Crippen LogP contribution in [0.2, 0.25) is 0 Å². The van der Waals surface area contributed by atoms with Crippen LogP contribution in [0.15, 0.2) is 24.5 Å². The molecule has 2 saturated heterocycles. The van der Waals surface area contributed by atoms with Gasteiger partial charge >= 0.3 is 0 Å². The summed E-state index contributed by atoms with van der Waals surface area (Å²) in [6.07, 6.45) is 5.82. The predicted molar refractivity (Wildman–Crippen MR) is 172 cm³/mol. The smallest absolute Gasteiger partial charge is 0.254 e. The summed E-state index contributed by atoms with van der Waals surface area (Å²) in [5.41, 5.74) is 2.46. The lowest BCUT2D eigenvalue weighted by Gasteiger charge is -2.63. The highest BCUT2D eigenvalue weighted by Gasteiger charge is 2.64. The fourth-order valence-corrected chi connectivity index (χ4v) is 8.11. The molecular weight excluding hydrogens is 552 g/mol. The highest BCUT2D eigenvalue weighted by atomic mass is 16.5. The molecular formula is C35H50N6O3. The lowest BCUT2D eigenvalue weighted by molar-refractivity contribution is -0.164. The lowest BCUT2D eigenvalue weighted by Crippen LogP contribution is -2.74. The molecule has 0 spiro atoms. The van der Waals surface area contributed by atoms with Gasteiger partial charge in [-0.2, -0.15) is 5.26 Å². The number of aliphatic hydroxyl groups excluding tert-OH is 1. The zero-order valence-corrected chi connectivity index (χ0v) is 27.8. The van der Waals surface area contributed by atoms with Crippen LogP contribution in [0.5, 0.6) is 5.75 Å². The second-order valence-electron chi connectivity index (χ2n) is 15.2. The maximum absolute atomic E-state index is 13.4. The van der Waals surface area contributed by atoms with Crippen molar-refractivity contribution in [2.24, 2.45) is 22.2 Å². The topological polar surface area (TPSA) is 115 Å². The predicted octanol–water partition coefficient (Wildman–Crippen LogP) is 4.89. The van der Waals surface area contributed by atoms with E-state index in [1.165, 1.54) is 0 Å². The number of hydrogen-bond acceptors (Lipinski definition) is 8. The molecule has 2 aromatic rings. The van der Waals surface area contributed by atoms with Crippen molar-refractivity contribution in [2.75, 3.05) is 37.6 Å². The third-order valence-corrected chi connectivity index (χ3v) is 10.9. The first-order chi connectivity index (χ1) is 20.6. The van der Waals surface area contributed by atoms with Gasteiger partial charge in [-0.3, -0.25) is 4.79 Å². The first kappa shape index (κ1) is 32.2. The number of rotatable bonds is 7. The number of likely N-dealkylation sites (tertiary alicyclic amines) is 1. The summed E-state index contributed by atoms with van der Waals surface area (Å²) in [6, 6.07) is 5.81. The molecule has 3 aliphatic rings. The van der Waals surface area contributed by atoms with Crippen molar-refractivity contribution in [1.29, 1.82) is 5.26 Å². The van der Waals surface area contributed by atoms with Gasteiger partial charge in [-0.1, -0.05) is 41.5 Å². The fraction of sp³-hybridized carbons (Fsp3) is 0.657. The average molecular weight is 603 g/mol. The highest BCUT2D eigenvalue weighted by molar-refractivity contribution is 5.94. The van der Waals surface area contributed by atoms with E-state index in [2.05, 4.69) is 72.7 Å². The quantitative estimate of drug-likeness (QED) is 0.461. The van der Waals surface area contributed by atoms with Crippen LogP contribution in [-0.4, -0.2) is 76.9 Å². The molecule has 2 N–H and O–H groups in total. The van der Waals surface area contributed by atoms with Crippen molar-refractivity contribution in [1.82, 2.24) is 20.2 Å². The number of anilines is 1. The molecule has 9 nitrogen and oxygen atoms in total. The van der Waals surface area contributed by atoms with E-state index in [4.69, 9.17) is 4.74 Å². The van der Waals surface area contributed by atoms with Gasteiger partial charge in [0, 0.05) is 62.0 Å². The summed E-state index contributed by atoms with van der Waals surface area (Å²) in [4.78, 5) is 27.4. The third kappa shape index (κ3) is 6.03. The van der Waals surface area contributed by atoms with E-state index in [0.717, 1.165) is 68.9 Å².